The van der Waals surface area contributed by atoms with Crippen LogP contribution in [0, 0.1) is 11.3 Å². The summed E-state index contributed by atoms with van der Waals surface area (Å²) in [7, 11) is -3.54. The summed E-state index contributed by atoms with van der Waals surface area (Å²) in [5, 5.41) is 8.92. The lowest BCUT2D eigenvalue weighted by atomic mass is 10.2. The van der Waals surface area contributed by atoms with Crippen molar-refractivity contribution < 1.29 is 13.2 Å². The Kier molecular flexibility index (Phi) is 6.93. The number of rotatable bonds is 5. The van der Waals surface area contributed by atoms with Gasteiger partial charge in [-0.3, -0.25) is 4.79 Å². The second-order valence-electron chi connectivity index (χ2n) is 7.04. The maximum Gasteiger partial charge on any atom is 0.237 e. The zero-order chi connectivity index (χ0) is 20.9. The minimum atomic E-state index is -3.54. The van der Waals surface area contributed by atoms with Gasteiger partial charge < -0.3 is 9.80 Å². The molecule has 0 spiro atoms. The molecule has 3 rings (SSSR count). The minimum Gasteiger partial charge on any atom is -0.370 e. The number of nitriles is 1. The number of amides is 1. The molecule has 1 amide bonds. The van der Waals surface area contributed by atoms with E-state index in [1.165, 1.54) is 0 Å². The lowest BCUT2D eigenvalue weighted by Gasteiger charge is -2.23. The van der Waals surface area contributed by atoms with Crippen LogP contribution in [0.25, 0.3) is 0 Å². The van der Waals surface area contributed by atoms with Gasteiger partial charge in [0.2, 0.25) is 5.91 Å². The van der Waals surface area contributed by atoms with E-state index in [0.29, 0.717) is 30.8 Å². The molecule has 0 saturated carbocycles. The Labute approximate surface area is 179 Å². The second-order valence-corrected chi connectivity index (χ2v) is 10.0. The smallest absolute Gasteiger partial charge is 0.237 e. The Morgan fingerprint density at radius 3 is 2.52 bits per heavy atom. The van der Waals surface area contributed by atoms with E-state index in [0.717, 1.165) is 23.1 Å². The van der Waals surface area contributed by atoms with Crippen molar-refractivity contribution in [2.75, 3.05) is 36.8 Å². The average molecular weight is 476 g/mol. The Bertz CT molecular complexity index is 1020. The normalized spacial score (nSPS) is 14.9. The van der Waals surface area contributed by atoms with Crippen molar-refractivity contribution in [1.82, 2.24) is 4.90 Å². The highest BCUT2D eigenvalue weighted by Crippen LogP contribution is 2.18. The Morgan fingerprint density at radius 1 is 1.07 bits per heavy atom. The SMILES string of the molecule is N#Cc1ccc(N2CCCN(C(=O)CS(=O)(=O)Cc3cccc(Br)c3)CC2)cc1. The summed E-state index contributed by atoms with van der Waals surface area (Å²) < 4.78 is 25.8. The predicted octanol–water partition coefficient (Wildman–Crippen LogP) is 2.97. The average Bonchev–Trinajstić information content (AvgIpc) is 2.93. The number of sulfone groups is 1. The number of anilines is 1. The van der Waals surface area contributed by atoms with Gasteiger partial charge in [0.15, 0.2) is 9.84 Å². The van der Waals surface area contributed by atoms with Crippen molar-refractivity contribution >= 4 is 37.4 Å². The predicted molar refractivity (Wildman–Crippen MR) is 116 cm³/mol. The monoisotopic (exact) mass is 475 g/mol. The summed E-state index contributed by atoms with van der Waals surface area (Å²) in [4.78, 5) is 16.4. The summed E-state index contributed by atoms with van der Waals surface area (Å²) in [5.41, 5.74) is 2.27. The van der Waals surface area contributed by atoms with E-state index < -0.39 is 15.6 Å². The standard InChI is InChI=1S/C21H22BrN3O3S/c22-19-4-1-3-18(13-19)15-29(27,28)16-21(26)25-10-2-9-24(11-12-25)20-7-5-17(14-23)6-8-20/h1,3-8,13H,2,9-12,15-16H2. The number of halogens is 1. The maximum atomic E-state index is 12.6. The van der Waals surface area contributed by atoms with Crippen LogP contribution in [-0.2, 0) is 20.4 Å². The molecule has 0 aliphatic carbocycles. The first-order valence-corrected chi connectivity index (χ1v) is 12.0. The highest BCUT2D eigenvalue weighted by Gasteiger charge is 2.24. The molecule has 2 aromatic carbocycles. The van der Waals surface area contributed by atoms with Crippen LogP contribution in [0.4, 0.5) is 5.69 Å². The number of hydrogen-bond acceptors (Lipinski definition) is 5. The number of hydrogen-bond donors (Lipinski definition) is 0. The summed E-state index contributed by atoms with van der Waals surface area (Å²) in [6.07, 6.45) is 0.761. The molecular formula is C21H22BrN3O3S. The third kappa shape index (κ3) is 6.05. The Hall–Kier alpha value is -2.37. The van der Waals surface area contributed by atoms with Crippen molar-refractivity contribution in [3.63, 3.8) is 0 Å². The number of carbonyl (C=O) groups excluding carboxylic acids is 1. The van der Waals surface area contributed by atoms with Crippen LogP contribution in [0.3, 0.4) is 0 Å². The zero-order valence-corrected chi connectivity index (χ0v) is 18.3. The Morgan fingerprint density at radius 2 is 1.83 bits per heavy atom. The van der Waals surface area contributed by atoms with Gasteiger partial charge in [0.25, 0.3) is 0 Å². The molecule has 8 heteroatoms. The number of nitrogens with zero attached hydrogens (tertiary/aromatic N) is 3. The van der Waals surface area contributed by atoms with Crippen LogP contribution in [-0.4, -0.2) is 51.2 Å². The largest absolute Gasteiger partial charge is 0.370 e. The van der Waals surface area contributed by atoms with E-state index in [9.17, 15) is 13.2 Å². The summed E-state index contributed by atoms with van der Waals surface area (Å²) in [5.74, 6) is -0.971. The molecule has 0 N–H and O–H groups in total. The van der Waals surface area contributed by atoms with Crippen LogP contribution < -0.4 is 4.90 Å². The van der Waals surface area contributed by atoms with Crippen molar-refractivity contribution in [2.24, 2.45) is 0 Å². The number of carbonyl (C=O) groups is 1. The third-order valence-electron chi connectivity index (χ3n) is 4.83. The quantitative estimate of drug-likeness (QED) is 0.663. The maximum absolute atomic E-state index is 12.6. The molecule has 1 aliphatic heterocycles. The van der Waals surface area contributed by atoms with E-state index in [2.05, 4.69) is 26.9 Å². The molecule has 1 aliphatic rings. The van der Waals surface area contributed by atoms with Gasteiger partial charge in [-0.05, 0) is 48.4 Å². The van der Waals surface area contributed by atoms with Crippen molar-refractivity contribution in [3.8, 4) is 6.07 Å². The van der Waals surface area contributed by atoms with Crippen LogP contribution in [0.15, 0.2) is 53.0 Å². The molecule has 0 atom stereocenters. The van der Waals surface area contributed by atoms with E-state index in [1.54, 1.807) is 35.2 Å². The van der Waals surface area contributed by atoms with Gasteiger partial charge in [-0.25, -0.2) is 8.42 Å². The van der Waals surface area contributed by atoms with E-state index in [1.807, 2.05) is 18.2 Å². The topological polar surface area (TPSA) is 81.5 Å². The second kappa shape index (κ2) is 9.42. The van der Waals surface area contributed by atoms with Gasteiger partial charge in [0.05, 0.1) is 17.4 Å². The highest BCUT2D eigenvalue weighted by atomic mass is 79.9. The van der Waals surface area contributed by atoms with Crippen LogP contribution in [0.2, 0.25) is 0 Å². The van der Waals surface area contributed by atoms with Crippen molar-refractivity contribution in [2.45, 2.75) is 12.2 Å². The molecule has 1 saturated heterocycles. The first-order chi connectivity index (χ1) is 13.9. The third-order valence-corrected chi connectivity index (χ3v) is 6.78. The van der Waals surface area contributed by atoms with Gasteiger partial charge in [-0.15, -0.1) is 0 Å². The molecule has 0 radical (unpaired) electrons. The van der Waals surface area contributed by atoms with Gasteiger partial charge in [0, 0.05) is 36.3 Å². The van der Waals surface area contributed by atoms with Crippen LogP contribution in [0.1, 0.15) is 17.5 Å². The molecule has 6 nitrogen and oxygen atoms in total. The molecule has 1 fully saturated rings. The van der Waals surface area contributed by atoms with Gasteiger partial charge >= 0.3 is 0 Å². The minimum absolute atomic E-state index is 0.149. The first-order valence-electron chi connectivity index (χ1n) is 9.34. The Balaban J connectivity index is 1.59. The lowest BCUT2D eigenvalue weighted by molar-refractivity contribution is -0.128. The fraction of sp³-hybridized carbons (Fsp3) is 0.333. The molecule has 152 valence electrons. The molecule has 29 heavy (non-hydrogen) atoms. The van der Waals surface area contributed by atoms with Crippen molar-refractivity contribution in [1.29, 1.82) is 5.26 Å². The summed E-state index contributed by atoms with van der Waals surface area (Å²) in [6, 6.07) is 16.6. The molecular weight excluding hydrogens is 454 g/mol. The number of benzene rings is 2. The van der Waals surface area contributed by atoms with E-state index in [-0.39, 0.29) is 11.7 Å². The highest BCUT2D eigenvalue weighted by molar-refractivity contribution is 9.10. The molecule has 0 bridgehead atoms. The van der Waals surface area contributed by atoms with E-state index in [4.69, 9.17) is 5.26 Å². The van der Waals surface area contributed by atoms with Crippen LogP contribution >= 0.6 is 15.9 Å². The molecule has 2 aromatic rings. The first kappa shape index (κ1) is 21.3. The summed E-state index contributed by atoms with van der Waals surface area (Å²) >= 11 is 3.33. The van der Waals surface area contributed by atoms with E-state index >= 15 is 0 Å². The molecule has 0 aromatic heterocycles. The zero-order valence-electron chi connectivity index (χ0n) is 15.9. The fourth-order valence-electron chi connectivity index (χ4n) is 3.38. The lowest BCUT2D eigenvalue weighted by Crippen LogP contribution is -2.38. The summed E-state index contributed by atoms with van der Waals surface area (Å²) in [6.45, 7) is 2.42. The van der Waals surface area contributed by atoms with Gasteiger partial charge in [0.1, 0.15) is 5.75 Å². The van der Waals surface area contributed by atoms with Crippen molar-refractivity contribution in [3.05, 3.63) is 64.1 Å². The van der Waals surface area contributed by atoms with Gasteiger partial charge in [-0.1, -0.05) is 28.1 Å². The van der Waals surface area contributed by atoms with Crippen LogP contribution in [0.5, 0.6) is 0 Å². The fourth-order valence-corrected chi connectivity index (χ4v) is 5.18. The van der Waals surface area contributed by atoms with Gasteiger partial charge in [-0.2, -0.15) is 5.26 Å². The molecule has 1 heterocycles. The molecule has 0 unspecified atom stereocenters.